The molecule has 1 aromatic rings. The standard InChI is InChI=1S/C11H13ClFNO/c1-14(2)11-8-3-6(12)4-9(13)7(8)5-10(11)15/h3-4,10-11,15H,5H2,1-2H3/t10-,11-/m1/s1. The first-order chi connectivity index (χ1) is 7.00. The van der Waals surface area contributed by atoms with Crippen LogP contribution in [0.4, 0.5) is 4.39 Å². The molecule has 0 spiro atoms. The molecule has 0 fully saturated rings. The molecule has 0 amide bonds. The van der Waals surface area contributed by atoms with Crippen LogP contribution in [0.15, 0.2) is 12.1 Å². The van der Waals surface area contributed by atoms with Crippen molar-refractivity contribution in [1.82, 2.24) is 4.90 Å². The number of nitrogens with zero attached hydrogens (tertiary/aromatic N) is 1. The minimum absolute atomic E-state index is 0.159. The summed E-state index contributed by atoms with van der Waals surface area (Å²) in [6.07, 6.45) is -0.191. The minimum atomic E-state index is -0.553. The molecule has 4 heteroatoms. The third-order valence-corrected chi connectivity index (χ3v) is 3.07. The van der Waals surface area contributed by atoms with Gasteiger partial charge in [0.1, 0.15) is 5.82 Å². The summed E-state index contributed by atoms with van der Waals surface area (Å²) in [5, 5.41) is 10.2. The maximum Gasteiger partial charge on any atom is 0.128 e. The van der Waals surface area contributed by atoms with Crippen molar-refractivity contribution in [3.8, 4) is 0 Å². The normalized spacial score (nSPS) is 24.7. The van der Waals surface area contributed by atoms with Gasteiger partial charge < -0.3 is 10.0 Å². The Morgan fingerprint density at radius 3 is 2.73 bits per heavy atom. The van der Waals surface area contributed by atoms with Crippen molar-refractivity contribution in [3.63, 3.8) is 0 Å². The number of likely N-dealkylation sites (N-methyl/N-ethyl adjacent to an activating group) is 1. The molecule has 1 aliphatic carbocycles. The molecule has 0 heterocycles. The molecule has 82 valence electrons. The van der Waals surface area contributed by atoms with Gasteiger partial charge in [-0.1, -0.05) is 11.6 Å². The summed E-state index contributed by atoms with van der Waals surface area (Å²) in [7, 11) is 3.73. The van der Waals surface area contributed by atoms with Crippen molar-refractivity contribution in [2.75, 3.05) is 14.1 Å². The third-order valence-electron chi connectivity index (χ3n) is 2.85. The monoisotopic (exact) mass is 229 g/mol. The van der Waals surface area contributed by atoms with Crippen molar-refractivity contribution in [1.29, 1.82) is 0 Å². The van der Waals surface area contributed by atoms with E-state index in [9.17, 15) is 9.50 Å². The maximum absolute atomic E-state index is 13.5. The predicted octanol–water partition coefficient (Wildman–Crippen LogP) is 2.00. The molecule has 2 nitrogen and oxygen atoms in total. The van der Waals surface area contributed by atoms with Gasteiger partial charge in [0, 0.05) is 11.4 Å². The molecular formula is C11H13ClFNO. The van der Waals surface area contributed by atoms with E-state index in [-0.39, 0.29) is 11.9 Å². The van der Waals surface area contributed by atoms with Gasteiger partial charge in [0.05, 0.1) is 12.1 Å². The highest BCUT2D eigenvalue weighted by Crippen LogP contribution is 2.37. The lowest BCUT2D eigenvalue weighted by Crippen LogP contribution is -2.27. The van der Waals surface area contributed by atoms with Gasteiger partial charge in [0.2, 0.25) is 0 Å². The van der Waals surface area contributed by atoms with Gasteiger partial charge in [-0.15, -0.1) is 0 Å². The highest BCUT2D eigenvalue weighted by atomic mass is 35.5. The molecule has 15 heavy (non-hydrogen) atoms. The molecule has 0 unspecified atom stereocenters. The van der Waals surface area contributed by atoms with E-state index in [1.54, 1.807) is 6.07 Å². The van der Waals surface area contributed by atoms with E-state index < -0.39 is 6.10 Å². The fraction of sp³-hybridized carbons (Fsp3) is 0.455. The topological polar surface area (TPSA) is 23.5 Å². The molecule has 1 aliphatic rings. The van der Waals surface area contributed by atoms with Gasteiger partial charge >= 0.3 is 0 Å². The van der Waals surface area contributed by atoms with E-state index in [4.69, 9.17) is 11.6 Å². The number of aliphatic hydroxyl groups excluding tert-OH is 1. The van der Waals surface area contributed by atoms with Crippen molar-refractivity contribution < 1.29 is 9.50 Å². The van der Waals surface area contributed by atoms with Crippen LogP contribution in [0.1, 0.15) is 17.2 Å². The SMILES string of the molecule is CN(C)[C@@H]1c2cc(Cl)cc(F)c2C[C@H]1O. The first-order valence-electron chi connectivity index (χ1n) is 4.83. The van der Waals surface area contributed by atoms with Crippen LogP contribution in [0.5, 0.6) is 0 Å². The van der Waals surface area contributed by atoms with E-state index in [0.29, 0.717) is 17.0 Å². The highest BCUT2D eigenvalue weighted by molar-refractivity contribution is 6.30. The Morgan fingerprint density at radius 2 is 2.13 bits per heavy atom. The Kier molecular flexibility index (Phi) is 2.71. The molecule has 0 saturated heterocycles. The Balaban J connectivity index is 2.53. The van der Waals surface area contributed by atoms with Crippen LogP contribution in [0.3, 0.4) is 0 Å². The summed E-state index contributed by atoms with van der Waals surface area (Å²) in [4.78, 5) is 1.88. The number of halogens is 2. The Hall–Kier alpha value is -0.640. The zero-order valence-electron chi connectivity index (χ0n) is 8.67. The van der Waals surface area contributed by atoms with Crippen molar-refractivity contribution in [2.45, 2.75) is 18.6 Å². The Morgan fingerprint density at radius 1 is 1.47 bits per heavy atom. The summed E-state index contributed by atoms with van der Waals surface area (Å²) in [5.74, 6) is -0.319. The second-order valence-corrected chi connectivity index (χ2v) is 4.57. The molecule has 0 saturated carbocycles. The molecule has 1 N–H and O–H groups in total. The zero-order valence-corrected chi connectivity index (χ0v) is 9.42. The molecule has 1 aromatic carbocycles. The van der Waals surface area contributed by atoms with Gasteiger partial charge in [-0.05, 0) is 37.4 Å². The van der Waals surface area contributed by atoms with Crippen LogP contribution >= 0.6 is 11.6 Å². The molecule has 2 atom stereocenters. The van der Waals surface area contributed by atoms with Gasteiger partial charge in [0.25, 0.3) is 0 Å². The lowest BCUT2D eigenvalue weighted by molar-refractivity contribution is 0.0901. The predicted molar refractivity (Wildman–Crippen MR) is 57.5 cm³/mol. The van der Waals surface area contributed by atoms with Crippen LogP contribution in [0.2, 0.25) is 5.02 Å². The van der Waals surface area contributed by atoms with E-state index in [2.05, 4.69) is 0 Å². The molecule has 0 bridgehead atoms. The van der Waals surface area contributed by atoms with Crippen LogP contribution in [-0.4, -0.2) is 30.2 Å². The van der Waals surface area contributed by atoms with E-state index >= 15 is 0 Å². The van der Waals surface area contributed by atoms with Crippen LogP contribution in [0, 0.1) is 5.82 Å². The zero-order chi connectivity index (χ0) is 11.2. The van der Waals surface area contributed by atoms with Crippen LogP contribution in [0.25, 0.3) is 0 Å². The fourth-order valence-electron chi connectivity index (χ4n) is 2.25. The average molecular weight is 230 g/mol. The summed E-state index contributed by atoms with van der Waals surface area (Å²) in [6.45, 7) is 0. The highest BCUT2D eigenvalue weighted by Gasteiger charge is 2.34. The number of hydrogen-bond donors (Lipinski definition) is 1. The van der Waals surface area contributed by atoms with Crippen molar-refractivity contribution in [2.24, 2.45) is 0 Å². The van der Waals surface area contributed by atoms with Gasteiger partial charge in [-0.3, -0.25) is 0 Å². The quantitative estimate of drug-likeness (QED) is 0.796. The molecule has 0 aliphatic heterocycles. The maximum atomic E-state index is 13.5. The van der Waals surface area contributed by atoms with E-state index in [1.165, 1.54) is 6.07 Å². The van der Waals surface area contributed by atoms with Gasteiger partial charge in [-0.25, -0.2) is 4.39 Å². The largest absolute Gasteiger partial charge is 0.391 e. The summed E-state index contributed by atoms with van der Waals surface area (Å²) in [6, 6.07) is 2.87. The lowest BCUT2D eigenvalue weighted by Gasteiger charge is -2.23. The van der Waals surface area contributed by atoms with E-state index in [1.807, 2.05) is 19.0 Å². The number of rotatable bonds is 1. The molecule has 2 rings (SSSR count). The molecule has 0 aromatic heterocycles. The van der Waals surface area contributed by atoms with Gasteiger partial charge in [0.15, 0.2) is 0 Å². The summed E-state index contributed by atoms with van der Waals surface area (Å²) in [5.41, 5.74) is 1.39. The molecular weight excluding hydrogens is 217 g/mol. The number of benzene rings is 1. The van der Waals surface area contributed by atoms with Crippen LogP contribution in [-0.2, 0) is 6.42 Å². The second-order valence-electron chi connectivity index (χ2n) is 4.14. The van der Waals surface area contributed by atoms with E-state index in [0.717, 1.165) is 5.56 Å². The Bertz CT molecular complexity index is 394. The first-order valence-corrected chi connectivity index (χ1v) is 5.21. The smallest absolute Gasteiger partial charge is 0.128 e. The lowest BCUT2D eigenvalue weighted by atomic mass is 10.1. The number of aliphatic hydroxyl groups is 1. The minimum Gasteiger partial charge on any atom is -0.391 e. The third kappa shape index (κ3) is 1.75. The second kappa shape index (κ2) is 3.74. The molecule has 0 radical (unpaired) electrons. The van der Waals surface area contributed by atoms with Gasteiger partial charge in [-0.2, -0.15) is 0 Å². The Labute approximate surface area is 93.3 Å². The van der Waals surface area contributed by atoms with Crippen molar-refractivity contribution in [3.05, 3.63) is 34.1 Å². The van der Waals surface area contributed by atoms with Crippen molar-refractivity contribution >= 4 is 11.6 Å². The average Bonchev–Trinajstić information content (AvgIpc) is 2.41. The number of hydrogen-bond acceptors (Lipinski definition) is 2. The fourth-order valence-corrected chi connectivity index (χ4v) is 2.47. The summed E-state index contributed by atoms with van der Waals surface area (Å²) < 4.78 is 13.5. The first kappa shape index (κ1) is 10.9. The van der Waals surface area contributed by atoms with Crippen LogP contribution < -0.4 is 0 Å². The number of fused-ring (bicyclic) bond motifs is 1. The summed E-state index contributed by atoms with van der Waals surface area (Å²) >= 11 is 5.81.